The Morgan fingerprint density at radius 3 is 2.81 bits per heavy atom. The first kappa shape index (κ1) is 13.1. The van der Waals surface area contributed by atoms with Gasteiger partial charge in [-0.15, -0.1) is 11.8 Å². The summed E-state index contributed by atoms with van der Waals surface area (Å²) < 4.78 is 18.6. The van der Waals surface area contributed by atoms with E-state index in [1.165, 1.54) is 24.9 Å². The second-order valence-corrected chi connectivity index (χ2v) is 4.95. The zero-order chi connectivity index (χ0) is 12.1. The maximum absolute atomic E-state index is 13.5. The molecule has 0 saturated heterocycles. The molecular formula is C11H16FNO2S. The fraction of sp³-hybridized carbons (Fsp3) is 0.455. The molecule has 90 valence electrons. The van der Waals surface area contributed by atoms with Gasteiger partial charge in [-0.3, -0.25) is 0 Å². The van der Waals surface area contributed by atoms with Crippen molar-refractivity contribution in [3.63, 3.8) is 0 Å². The molecule has 0 fully saturated rings. The third-order valence-electron chi connectivity index (χ3n) is 2.15. The van der Waals surface area contributed by atoms with Gasteiger partial charge in [0.15, 0.2) is 0 Å². The quantitative estimate of drug-likeness (QED) is 0.617. The third-order valence-corrected chi connectivity index (χ3v) is 3.35. The predicted octanol–water partition coefficient (Wildman–Crippen LogP) is 2.28. The molecule has 16 heavy (non-hydrogen) atoms. The van der Waals surface area contributed by atoms with E-state index in [0.717, 1.165) is 0 Å². The first-order valence-corrected chi connectivity index (χ1v) is 5.87. The van der Waals surface area contributed by atoms with Gasteiger partial charge in [-0.1, -0.05) is 6.92 Å². The number of benzene rings is 1. The molecule has 1 aromatic carbocycles. The minimum atomic E-state index is -0.354. The van der Waals surface area contributed by atoms with Crippen molar-refractivity contribution in [1.82, 2.24) is 0 Å². The Kier molecular flexibility index (Phi) is 4.89. The molecule has 5 heteroatoms. The van der Waals surface area contributed by atoms with Gasteiger partial charge in [0, 0.05) is 22.8 Å². The van der Waals surface area contributed by atoms with Crippen molar-refractivity contribution in [2.45, 2.75) is 23.5 Å². The number of nitrogen functional groups attached to an aromatic ring is 1. The molecule has 1 atom stereocenters. The summed E-state index contributed by atoms with van der Waals surface area (Å²) in [6, 6.07) is 2.84. The Labute approximate surface area is 98.8 Å². The number of aliphatic hydroxyl groups excluding tert-OH is 1. The van der Waals surface area contributed by atoms with Crippen molar-refractivity contribution in [2.75, 3.05) is 19.5 Å². The second kappa shape index (κ2) is 5.96. The molecule has 0 saturated carbocycles. The minimum Gasteiger partial charge on any atom is -0.495 e. The summed E-state index contributed by atoms with van der Waals surface area (Å²) in [5, 5.41) is 8.92. The van der Waals surface area contributed by atoms with E-state index in [0.29, 0.717) is 22.8 Å². The van der Waals surface area contributed by atoms with Gasteiger partial charge >= 0.3 is 0 Å². The van der Waals surface area contributed by atoms with Gasteiger partial charge < -0.3 is 15.6 Å². The van der Waals surface area contributed by atoms with E-state index in [-0.39, 0.29) is 17.7 Å². The van der Waals surface area contributed by atoms with Crippen molar-refractivity contribution in [3.8, 4) is 5.75 Å². The maximum Gasteiger partial charge on any atom is 0.143 e. The average Bonchev–Trinajstić information content (AvgIpc) is 2.22. The summed E-state index contributed by atoms with van der Waals surface area (Å²) in [5.41, 5.74) is 5.87. The standard InChI is InChI=1S/C11H16FNO2S/c1-7(3-4-14)16-11-6-10(15-2)9(13)5-8(11)12/h5-7,14H,3-4,13H2,1-2H3. The van der Waals surface area contributed by atoms with Crippen molar-refractivity contribution >= 4 is 17.4 Å². The van der Waals surface area contributed by atoms with Gasteiger partial charge in [-0.25, -0.2) is 4.39 Å². The molecule has 0 bridgehead atoms. The van der Waals surface area contributed by atoms with Crippen molar-refractivity contribution < 1.29 is 14.2 Å². The Balaban J connectivity index is 2.87. The van der Waals surface area contributed by atoms with Gasteiger partial charge in [0.1, 0.15) is 11.6 Å². The zero-order valence-corrected chi connectivity index (χ0v) is 10.2. The molecule has 0 aliphatic carbocycles. The zero-order valence-electron chi connectivity index (χ0n) is 9.37. The average molecular weight is 245 g/mol. The van der Waals surface area contributed by atoms with Crippen LogP contribution in [-0.2, 0) is 0 Å². The molecular weight excluding hydrogens is 229 g/mol. The SMILES string of the molecule is COc1cc(SC(C)CCO)c(F)cc1N. The fourth-order valence-electron chi connectivity index (χ4n) is 1.27. The first-order chi connectivity index (χ1) is 7.58. The molecule has 0 radical (unpaired) electrons. The lowest BCUT2D eigenvalue weighted by atomic mass is 10.3. The van der Waals surface area contributed by atoms with Crippen LogP contribution in [0.15, 0.2) is 17.0 Å². The number of methoxy groups -OCH3 is 1. The number of anilines is 1. The van der Waals surface area contributed by atoms with Gasteiger partial charge in [0.2, 0.25) is 0 Å². The highest BCUT2D eigenvalue weighted by molar-refractivity contribution is 8.00. The molecule has 1 aromatic rings. The van der Waals surface area contributed by atoms with E-state index in [9.17, 15) is 4.39 Å². The van der Waals surface area contributed by atoms with Crippen LogP contribution < -0.4 is 10.5 Å². The minimum absolute atomic E-state index is 0.0991. The summed E-state index contributed by atoms with van der Waals surface area (Å²) in [5.74, 6) is 0.119. The van der Waals surface area contributed by atoms with Gasteiger partial charge in [-0.2, -0.15) is 0 Å². The van der Waals surface area contributed by atoms with Crippen LogP contribution >= 0.6 is 11.8 Å². The largest absolute Gasteiger partial charge is 0.495 e. The number of rotatable bonds is 5. The molecule has 0 spiro atoms. The number of thioether (sulfide) groups is 1. The predicted molar refractivity (Wildman–Crippen MR) is 64.4 cm³/mol. The van der Waals surface area contributed by atoms with Crippen LogP contribution in [0.2, 0.25) is 0 Å². The van der Waals surface area contributed by atoms with Crippen molar-refractivity contribution in [2.24, 2.45) is 0 Å². The normalized spacial score (nSPS) is 12.5. The topological polar surface area (TPSA) is 55.5 Å². The summed E-state index contributed by atoms with van der Waals surface area (Å²) in [7, 11) is 1.50. The van der Waals surface area contributed by atoms with Crippen molar-refractivity contribution in [1.29, 1.82) is 0 Å². The summed E-state index contributed by atoms with van der Waals surface area (Å²) in [4.78, 5) is 0.493. The first-order valence-electron chi connectivity index (χ1n) is 4.99. The van der Waals surface area contributed by atoms with Crippen LogP contribution in [0, 0.1) is 5.82 Å². The van der Waals surface area contributed by atoms with Crippen LogP contribution in [0.3, 0.4) is 0 Å². The lowest BCUT2D eigenvalue weighted by Crippen LogP contribution is -2.01. The van der Waals surface area contributed by atoms with E-state index in [2.05, 4.69) is 0 Å². The molecule has 0 aromatic heterocycles. The van der Waals surface area contributed by atoms with Crippen LogP contribution in [0.4, 0.5) is 10.1 Å². The van der Waals surface area contributed by atoms with E-state index in [4.69, 9.17) is 15.6 Å². The smallest absolute Gasteiger partial charge is 0.143 e. The van der Waals surface area contributed by atoms with E-state index >= 15 is 0 Å². The Bertz CT molecular complexity index is 360. The fourth-order valence-corrected chi connectivity index (χ4v) is 2.28. The number of ether oxygens (including phenoxy) is 1. The lowest BCUT2D eigenvalue weighted by molar-refractivity contribution is 0.289. The molecule has 0 amide bonds. The van der Waals surface area contributed by atoms with Crippen LogP contribution in [0.25, 0.3) is 0 Å². The highest BCUT2D eigenvalue weighted by Crippen LogP contribution is 2.33. The molecule has 3 nitrogen and oxygen atoms in total. The molecule has 1 rings (SSSR count). The van der Waals surface area contributed by atoms with Gasteiger partial charge in [0.25, 0.3) is 0 Å². The maximum atomic E-state index is 13.5. The number of hydrogen-bond donors (Lipinski definition) is 2. The lowest BCUT2D eigenvalue weighted by Gasteiger charge is -2.12. The van der Waals surface area contributed by atoms with Crippen molar-refractivity contribution in [3.05, 3.63) is 17.9 Å². The molecule has 0 aliphatic heterocycles. The van der Waals surface area contributed by atoms with Gasteiger partial charge in [-0.05, 0) is 12.5 Å². The Hall–Kier alpha value is -0.940. The third kappa shape index (κ3) is 3.28. The van der Waals surface area contributed by atoms with Crippen LogP contribution in [0.1, 0.15) is 13.3 Å². The second-order valence-electron chi connectivity index (χ2n) is 3.47. The molecule has 0 heterocycles. The van der Waals surface area contributed by atoms with Gasteiger partial charge in [0.05, 0.1) is 12.8 Å². The molecule has 1 unspecified atom stereocenters. The molecule has 3 N–H and O–H groups in total. The number of nitrogens with two attached hydrogens (primary N) is 1. The Morgan fingerprint density at radius 2 is 2.25 bits per heavy atom. The highest BCUT2D eigenvalue weighted by atomic mass is 32.2. The number of hydrogen-bond acceptors (Lipinski definition) is 4. The number of aliphatic hydroxyl groups is 1. The Morgan fingerprint density at radius 1 is 1.56 bits per heavy atom. The highest BCUT2D eigenvalue weighted by Gasteiger charge is 2.12. The van der Waals surface area contributed by atoms with E-state index in [1.54, 1.807) is 6.07 Å². The number of halogens is 1. The monoisotopic (exact) mass is 245 g/mol. The van der Waals surface area contributed by atoms with E-state index in [1.807, 2.05) is 6.92 Å². The van der Waals surface area contributed by atoms with Crippen LogP contribution in [-0.4, -0.2) is 24.1 Å². The van der Waals surface area contributed by atoms with Crippen LogP contribution in [0.5, 0.6) is 5.75 Å². The van der Waals surface area contributed by atoms with E-state index < -0.39 is 0 Å². The summed E-state index contributed by atoms with van der Waals surface area (Å²) in [6.07, 6.45) is 0.622. The summed E-state index contributed by atoms with van der Waals surface area (Å²) in [6.45, 7) is 2.03. The summed E-state index contributed by atoms with van der Waals surface area (Å²) >= 11 is 1.36. The molecule has 0 aliphatic rings.